The van der Waals surface area contributed by atoms with Gasteiger partial charge in [-0.2, -0.15) is 0 Å². The van der Waals surface area contributed by atoms with Gasteiger partial charge in [0.2, 0.25) is 5.88 Å². The summed E-state index contributed by atoms with van der Waals surface area (Å²) in [6.07, 6.45) is 3.04. The number of hydrogen-bond donors (Lipinski definition) is 1. The average Bonchev–Trinajstić information content (AvgIpc) is 3.08. The summed E-state index contributed by atoms with van der Waals surface area (Å²) in [5.41, 5.74) is 2.89. The minimum atomic E-state index is -0.0898. The molecule has 2 aromatic heterocycles. The number of methoxy groups -OCH3 is 1. The summed E-state index contributed by atoms with van der Waals surface area (Å²) in [6, 6.07) is 3.50. The first-order chi connectivity index (χ1) is 12.1. The van der Waals surface area contributed by atoms with Gasteiger partial charge in [-0.15, -0.1) is 11.3 Å². The highest BCUT2D eigenvalue weighted by Gasteiger charge is 2.27. The molecule has 7 nitrogen and oxygen atoms in total. The number of pyridine rings is 1. The quantitative estimate of drug-likeness (QED) is 0.900. The van der Waals surface area contributed by atoms with E-state index in [0.29, 0.717) is 29.4 Å². The second kappa shape index (κ2) is 7.60. The third kappa shape index (κ3) is 3.79. The van der Waals surface area contributed by atoms with E-state index in [1.807, 2.05) is 6.92 Å². The minimum absolute atomic E-state index is 0.0637. The standard InChI is InChI=1S/C17H20N4O3S/c1-11-14(25-10-19-11)15(22)20-12-5-8-21(9-6-12)17(23)13-4-3-7-18-16(13)24-2/h3-4,7,10,12H,5-6,8-9H2,1-2H3,(H,20,22). The van der Waals surface area contributed by atoms with Gasteiger partial charge in [0.05, 0.1) is 18.3 Å². The highest BCUT2D eigenvalue weighted by Crippen LogP contribution is 2.20. The zero-order valence-electron chi connectivity index (χ0n) is 14.2. The molecule has 1 N–H and O–H groups in total. The Morgan fingerprint density at radius 1 is 1.32 bits per heavy atom. The third-order valence-corrected chi connectivity index (χ3v) is 5.19. The molecule has 0 aliphatic carbocycles. The second-order valence-corrected chi connectivity index (χ2v) is 6.72. The van der Waals surface area contributed by atoms with E-state index in [4.69, 9.17) is 4.74 Å². The Bertz CT molecular complexity index is 769. The van der Waals surface area contributed by atoms with Gasteiger partial charge in [0.1, 0.15) is 10.4 Å². The van der Waals surface area contributed by atoms with Crippen LogP contribution < -0.4 is 10.1 Å². The fourth-order valence-corrected chi connectivity index (χ4v) is 3.59. The number of hydrogen-bond acceptors (Lipinski definition) is 6. The summed E-state index contributed by atoms with van der Waals surface area (Å²) >= 11 is 1.34. The van der Waals surface area contributed by atoms with Crippen molar-refractivity contribution in [2.24, 2.45) is 0 Å². The van der Waals surface area contributed by atoms with Crippen molar-refractivity contribution in [3.63, 3.8) is 0 Å². The number of likely N-dealkylation sites (tertiary alicyclic amines) is 1. The Labute approximate surface area is 150 Å². The van der Waals surface area contributed by atoms with E-state index >= 15 is 0 Å². The first kappa shape index (κ1) is 17.3. The van der Waals surface area contributed by atoms with E-state index in [9.17, 15) is 9.59 Å². The van der Waals surface area contributed by atoms with E-state index in [-0.39, 0.29) is 17.9 Å². The van der Waals surface area contributed by atoms with E-state index in [2.05, 4.69) is 15.3 Å². The molecule has 2 aromatic rings. The number of thiazole rings is 1. The molecule has 2 amide bonds. The fraction of sp³-hybridized carbons (Fsp3) is 0.412. The van der Waals surface area contributed by atoms with Gasteiger partial charge in [-0.3, -0.25) is 9.59 Å². The lowest BCUT2D eigenvalue weighted by molar-refractivity contribution is 0.0694. The third-order valence-electron chi connectivity index (χ3n) is 4.26. The molecule has 1 aliphatic heterocycles. The molecule has 1 aliphatic rings. The van der Waals surface area contributed by atoms with Crippen LogP contribution in [0.1, 0.15) is 38.6 Å². The van der Waals surface area contributed by atoms with Gasteiger partial charge in [-0.25, -0.2) is 9.97 Å². The first-order valence-corrected chi connectivity index (χ1v) is 8.97. The normalized spacial score (nSPS) is 15.0. The van der Waals surface area contributed by atoms with Crippen LogP contribution >= 0.6 is 11.3 Å². The van der Waals surface area contributed by atoms with Gasteiger partial charge in [-0.05, 0) is 31.9 Å². The number of nitrogens with one attached hydrogen (secondary N) is 1. The molecular weight excluding hydrogens is 340 g/mol. The fourth-order valence-electron chi connectivity index (χ4n) is 2.88. The number of rotatable bonds is 4. The lowest BCUT2D eigenvalue weighted by Crippen LogP contribution is -2.46. The van der Waals surface area contributed by atoms with E-state index in [0.717, 1.165) is 18.5 Å². The summed E-state index contributed by atoms with van der Waals surface area (Å²) in [6.45, 7) is 3.00. The second-order valence-electron chi connectivity index (χ2n) is 5.87. The summed E-state index contributed by atoms with van der Waals surface area (Å²) in [4.78, 5) is 35.5. The molecule has 0 radical (unpaired) electrons. The molecule has 0 aromatic carbocycles. The Kier molecular flexibility index (Phi) is 5.28. The van der Waals surface area contributed by atoms with Crippen LogP contribution in [-0.4, -0.2) is 52.9 Å². The van der Waals surface area contributed by atoms with Crippen LogP contribution in [0.4, 0.5) is 0 Å². The SMILES string of the molecule is COc1ncccc1C(=O)N1CCC(NC(=O)c2scnc2C)CC1. The average molecular weight is 360 g/mol. The van der Waals surface area contributed by atoms with Gasteiger partial charge >= 0.3 is 0 Å². The Balaban J connectivity index is 1.57. The Hall–Kier alpha value is -2.48. The van der Waals surface area contributed by atoms with Gasteiger partial charge in [0, 0.05) is 25.3 Å². The molecule has 0 atom stereocenters. The van der Waals surface area contributed by atoms with E-state index < -0.39 is 0 Å². The van der Waals surface area contributed by atoms with Crippen LogP contribution in [0.2, 0.25) is 0 Å². The van der Waals surface area contributed by atoms with Gasteiger partial charge in [-0.1, -0.05) is 0 Å². The van der Waals surface area contributed by atoms with E-state index in [1.54, 1.807) is 28.7 Å². The van der Waals surface area contributed by atoms with Crippen molar-refractivity contribution in [1.82, 2.24) is 20.2 Å². The van der Waals surface area contributed by atoms with Crippen LogP contribution in [0.5, 0.6) is 5.88 Å². The minimum Gasteiger partial charge on any atom is -0.480 e. The Morgan fingerprint density at radius 3 is 2.72 bits per heavy atom. The molecular formula is C17H20N4O3S. The monoisotopic (exact) mass is 360 g/mol. The molecule has 25 heavy (non-hydrogen) atoms. The van der Waals surface area contributed by atoms with Crippen LogP contribution in [0, 0.1) is 6.92 Å². The molecule has 3 rings (SSSR count). The van der Waals surface area contributed by atoms with Crippen LogP contribution in [0.25, 0.3) is 0 Å². The maximum absolute atomic E-state index is 12.7. The van der Waals surface area contributed by atoms with Crippen molar-refractivity contribution >= 4 is 23.2 Å². The lowest BCUT2D eigenvalue weighted by Gasteiger charge is -2.32. The van der Waals surface area contributed by atoms with Crippen molar-refractivity contribution in [2.75, 3.05) is 20.2 Å². The zero-order valence-corrected chi connectivity index (χ0v) is 15.0. The summed E-state index contributed by atoms with van der Waals surface area (Å²) in [5.74, 6) is 0.162. The van der Waals surface area contributed by atoms with Gasteiger partial charge in [0.15, 0.2) is 0 Å². The summed E-state index contributed by atoms with van der Waals surface area (Å²) in [5, 5.41) is 3.04. The largest absolute Gasteiger partial charge is 0.480 e. The van der Waals surface area contributed by atoms with Crippen molar-refractivity contribution in [3.8, 4) is 5.88 Å². The van der Waals surface area contributed by atoms with Crippen LogP contribution in [0.3, 0.4) is 0 Å². The predicted octanol–water partition coefficient (Wildman–Crippen LogP) is 1.89. The highest BCUT2D eigenvalue weighted by atomic mass is 32.1. The molecule has 1 saturated heterocycles. The smallest absolute Gasteiger partial charge is 0.263 e. The summed E-state index contributed by atoms with van der Waals surface area (Å²) < 4.78 is 5.16. The number of aromatic nitrogens is 2. The number of piperidine rings is 1. The van der Waals surface area contributed by atoms with Crippen molar-refractivity contribution in [3.05, 3.63) is 40.0 Å². The van der Waals surface area contributed by atoms with Crippen molar-refractivity contribution in [2.45, 2.75) is 25.8 Å². The number of ether oxygens (including phenoxy) is 1. The maximum Gasteiger partial charge on any atom is 0.263 e. The van der Waals surface area contributed by atoms with Crippen molar-refractivity contribution < 1.29 is 14.3 Å². The number of aryl methyl sites for hydroxylation is 1. The molecule has 8 heteroatoms. The zero-order chi connectivity index (χ0) is 17.8. The molecule has 132 valence electrons. The number of carbonyl (C=O) groups excluding carboxylic acids is 2. The highest BCUT2D eigenvalue weighted by molar-refractivity contribution is 7.11. The van der Waals surface area contributed by atoms with Crippen LogP contribution in [-0.2, 0) is 0 Å². The van der Waals surface area contributed by atoms with Gasteiger partial charge < -0.3 is 15.0 Å². The summed E-state index contributed by atoms with van der Waals surface area (Å²) in [7, 11) is 1.50. The first-order valence-electron chi connectivity index (χ1n) is 8.09. The van der Waals surface area contributed by atoms with Crippen molar-refractivity contribution in [1.29, 1.82) is 0 Å². The van der Waals surface area contributed by atoms with Crippen LogP contribution in [0.15, 0.2) is 23.8 Å². The lowest BCUT2D eigenvalue weighted by atomic mass is 10.0. The van der Waals surface area contributed by atoms with Gasteiger partial charge in [0.25, 0.3) is 11.8 Å². The van der Waals surface area contributed by atoms with E-state index in [1.165, 1.54) is 18.4 Å². The maximum atomic E-state index is 12.7. The molecule has 3 heterocycles. The number of carbonyl (C=O) groups is 2. The number of amides is 2. The number of nitrogens with zero attached hydrogens (tertiary/aromatic N) is 3. The predicted molar refractivity (Wildman–Crippen MR) is 94.0 cm³/mol. The molecule has 0 saturated carbocycles. The molecule has 1 fully saturated rings. The Morgan fingerprint density at radius 2 is 2.08 bits per heavy atom. The molecule has 0 bridgehead atoms. The molecule has 0 unspecified atom stereocenters. The topological polar surface area (TPSA) is 84.4 Å². The molecule has 0 spiro atoms.